The first-order chi connectivity index (χ1) is 13.2. The third-order valence-electron chi connectivity index (χ3n) is 4.20. The van der Waals surface area contributed by atoms with Gasteiger partial charge in [0.1, 0.15) is 11.7 Å². The molecular weight excluding hydrogens is 388 g/mol. The number of carbonyl (C=O) groups excluding carboxylic acids is 2. The van der Waals surface area contributed by atoms with E-state index >= 15 is 0 Å². The summed E-state index contributed by atoms with van der Waals surface area (Å²) in [6.45, 7) is 0. The zero-order chi connectivity index (χ0) is 20.5. The first-order valence-corrected chi connectivity index (χ1v) is 9.67. The molecule has 0 radical (unpaired) electrons. The summed E-state index contributed by atoms with van der Waals surface area (Å²) in [5.41, 5.74) is 0.986. The molecular formula is C18H18N2O7S. The molecule has 1 amide bonds. The van der Waals surface area contributed by atoms with Crippen LogP contribution in [0, 0.1) is 0 Å². The molecule has 2 aromatic rings. The van der Waals surface area contributed by atoms with Crippen LogP contribution in [-0.4, -0.2) is 34.5 Å². The van der Waals surface area contributed by atoms with E-state index in [1.165, 1.54) is 38.5 Å². The Morgan fingerprint density at radius 3 is 2.61 bits per heavy atom. The zero-order valence-electron chi connectivity index (χ0n) is 15.1. The monoisotopic (exact) mass is 406 g/mol. The van der Waals surface area contributed by atoms with Crippen LogP contribution in [0.1, 0.15) is 28.4 Å². The Balaban J connectivity index is 1.80. The second kappa shape index (κ2) is 7.49. The van der Waals surface area contributed by atoms with Gasteiger partial charge in [-0.25, -0.2) is 18.4 Å². The molecule has 3 N–H and O–H groups in total. The molecule has 10 heteroatoms. The van der Waals surface area contributed by atoms with Crippen LogP contribution in [0.25, 0.3) is 0 Å². The summed E-state index contributed by atoms with van der Waals surface area (Å²) in [7, 11) is -1.04. The van der Waals surface area contributed by atoms with E-state index in [1.807, 2.05) is 0 Å². The maximum atomic E-state index is 12.4. The van der Waals surface area contributed by atoms with Gasteiger partial charge in [-0.1, -0.05) is 12.1 Å². The number of rotatable bonds is 6. The molecule has 1 aliphatic heterocycles. The lowest BCUT2D eigenvalue weighted by Crippen LogP contribution is -2.17. The molecule has 0 bridgehead atoms. The van der Waals surface area contributed by atoms with E-state index in [-0.39, 0.29) is 28.3 Å². The van der Waals surface area contributed by atoms with E-state index in [0.29, 0.717) is 11.3 Å². The van der Waals surface area contributed by atoms with Crippen LogP contribution < -0.4 is 19.9 Å². The largest absolute Gasteiger partial charge is 0.493 e. The van der Waals surface area contributed by atoms with Gasteiger partial charge in [-0.05, 0) is 24.3 Å². The minimum Gasteiger partial charge on any atom is -0.493 e. The number of benzene rings is 2. The van der Waals surface area contributed by atoms with Gasteiger partial charge in [0, 0.05) is 11.3 Å². The second-order valence-corrected chi connectivity index (χ2v) is 7.55. The molecule has 0 saturated carbocycles. The number of anilines is 1. The molecule has 1 atom stereocenters. The molecule has 2 aromatic carbocycles. The number of nitrogens with two attached hydrogens (primary N) is 1. The molecule has 148 valence electrons. The Kier molecular flexibility index (Phi) is 5.25. The normalized spacial score (nSPS) is 15.5. The van der Waals surface area contributed by atoms with Crippen molar-refractivity contribution in [2.24, 2.45) is 5.14 Å². The average Bonchev–Trinajstić information content (AvgIpc) is 2.96. The van der Waals surface area contributed by atoms with Crippen LogP contribution in [0.15, 0.2) is 41.3 Å². The Morgan fingerprint density at radius 2 is 1.96 bits per heavy atom. The van der Waals surface area contributed by atoms with Gasteiger partial charge in [0.2, 0.25) is 15.9 Å². The van der Waals surface area contributed by atoms with Gasteiger partial charge in [-0.3, -0.25) is 4.79 Å². The van der Waals surface area contributed by atoms with Crippen molar-refractivity contribution in [3.63, 3.8) is 0 Å². The number of cyclic esters (lactones) is 1. The molecule has 0 aromatic heterocycles. The highest BCUT2D eigenvalue weighted by molar-refractivity contribution is 7.89. The number of hydrogen-bond acceptors (Lipinski definition) is 7. The first-order valence-electron chi connectivity index (χ1n) is 8.13. The third kappa shape index (κ3) is 3.78. The number of methoxy groups -OCH3 is 2. The fourth-order valence-corrected chi connectivity index (χ4v) is 3.51. The molecule has 1 aliphatic rings. The number of primary sulfonamides is 1. The smallest absolute Gasteiger partial charge is 0.343 e. The number of ether oxygens (including phenoxy) is 3. The van der Waals surface area contributed by atoms with Crippen molar-refractivity contribution in [1.29, 1.82) is 0 Å². The SMILES string of the molecule is COc1ccc2c(c1OC)C(=O)O[C@@H]2CC(=O)Nc1cccc(S(N)(=O)=O)c1. The van der Waals surface area contributed by atoms with Gasteiger partial charge in [0.05, 0.1) is 25.5 Å². The minimum absolute atomic E-state index is 0.125. The summed E-state index contributed by atoms with van der Waals surface area (Å²) in [5.74, 6) is -0.455. The molecule has 0 aliphatic carbocycles. The lowest BCUT2D eigenvalue weighted by Gasteiger charge is -2.13. The average molecular weight is 406 g/mol. The molecule has 0 fully saturated rings. The first kappa shape index (κ1) is 19.6. The second-order valence-electron chi connectivity index (χ2n) is 5.98. The van der Waals surface area contributed by atoms with E-state index in [9.17, 15) is 18.0 Å². The van der Waals surface area contributed by atoms with Crippen molar-refractivity contribution in [1.82, 2.24) is 0 Å². The Labute approximate surface area is 161 Å². The van der Waals surface area contributed by atoms with Crippen LogP contribution in [0.5, 0.6) is 11.5 Å². The maximum absolute atomic E-state index is 12.4. The highest BCUT2D eigenvalue weighted by Gasteiger charge is 2.36. The lowest BCUT2D eigenvalue weighted by molar-refractivity contribution is -0.118. The highest BCUT2D eigenvalue weighted by atomic mass is 32.2. The number of nitrogens with one attached hydrogen (secondary N) is 1. The van der Waals surface area contributed by atoms with Gasteiger partial charge in [-0.2, -0.15) is 0 Å². The molecule has 28 heavy (non-hydrogen) atoms. The summed E-state index contributed by atoms with van der Waals surface area (Å²) < 4.78 is 38.6. The van der Waals surface area contributed by atoms with Crippen molar-refractivity contribution in [2.45, 2.75) is 17.4 Å². The number of carbonyl (C=O) groups is 2. The van der Waals surface area contributed by atoms with Gasteiger partial charge >= 0.3 is 5.97 Å². The molecule has 0 saturated heterocycles. The van der Waals surface area contributed by atoms with Gasteiger partial charge in [-0.15, -0.1) is 0 Å². The third-order valence-corrected chi connectivity index (χ3v) is 5.11. The molecule has 9 nitrogen and oxygen atoms in total. The standard InChI is InChI=1S/C18H18N2O7S/c1-25-13-7-6-12-14(27-18(22)16(12)17(13)26-2)9-15(21)20-10-4-3-5-11(8-10)28(19,23)24/h3-8,14H,9H2,1-2H3,(H,20,21)(H2,19,23,24)/t14-/m1/s1. The summed E-state index contributed by atoms with van der Waals surface area (Å²) >= 11 is 0. The van der Waals surface area contributed by atoms with Crippen molar-refractivity contribution in [3.05, 3.63) is 47.5 Å². The van der Waals surface area contributed by atoms with Crippen molar-refractivity contribution < 1.29 is 32.2 Å². The zero-order valence-corrected chi connectivity index (χ0v) is 15.9. The van der Waals surface area contributed by atoms with Crippen molar-refractivity contribution in [2.75, 3.05) is 19.5 Å². The van der Waals surface area contributed by atoms with Crippen LogP contribution in [0.4, 0.5) is 5.69 Å². The van der Waals surface area contributed by atoms with Crippen molar-refractivity contribution >= 4 is 27.6 Å². The summed E-state index contributed by atoms with van der Waals surface area (Å²) in [6, 6.07) is 8.81. The predicted octanol–water partition coefficient (Wildman–Crippen LogP) is 1.59. The summed E-state index contributed by atoms with van der Waals surface area (Å²) in [5, 5.41) is 7.66. The number of amides is 1. The van der Waals surface area contributed by atoms with Gasteiger partial charge in [0.15, 0.2) is 11.5 Å². The molecule has 3 rings (SSSR count). The van der Waals surface area contributed by atoms with E-state index in [0.717, 1.165) is 0 Å². The van der Waals surface area contributed by atoms with Crippen LogP contribution in [0.3, 0.4) is 0 Å². The topological polar surface area (TPSA) is 134 Å². The molecule has 0 unspecified atom stereocenters. The fraction of sp³-hybridized carbons (Fsp3) is 0.222. The summed E-state index contributed by atoms with van der Waals surface area (Å²) in [4.78, 5) is 24.5. The van der Waals surface area contributed by atoms with Crippen LogP contribution in [0.2, 0.25) is 0 Å². The van der Waals surface area contributed by atoms with Gasteiger partial charge < -0.3 is 19.5 Å². The Bertz CT molecular complexity index is 1050. The number of fused-ring (bicyclic) bond motifs is 1. The maximum Gasteiger partial charge on any atom is 0.343 e. The lowest BCUT2D eigenvalue weighted by atomic mass is 10.0. The van der Waals surface area contributed by atoms with E-state index in [2.05, 4.69) is 5.32 Å². The van der Waals surface area contributed by atoms with Gasteiger partial charge in [0.25, 0.3) is 0 Å². The summed E-state index contributed by atoms with van der Waals surface area (Å²) in [6.07, 6.45) is -0.961. The number of hydrogen-bond donors (Lipinski definition) is 2. The van der Waals surface area contributed by atoms with Crippen LogP contribution in [-0.2, 0) is 19.6 Å². The highest BCUT2D eigenvalue weighted by Crippen LogP contribution is 2.43. The van der Waals surface area contributed by atoms with E-state index in [4.69, 9.17) is 19.3 Å². The quantitative estimate of drug-likeness (QED) is 0.696. The Hall–Kier alpha value is -3.11. The van der Waals surface area contributed by atoms with E-state index in [1.54, 1.807) is 12.1 Å². The molecule has 1 heterocycles. The number of sulfonamides is 1. The van der Waals surface area contributed by atoms with Crippen molar-refractivity contribution in [3.8, 4) is 11.5 Å². The predicted molar refractivity (Wildman–Crippen MR) is 98.8 cm³/mol. The van der Waals surface area contributed by atoms with E-state index < -0.39 is 28.0 Å². The Morgan fingerprint density at radius 1 is 1.21 bits per heavy atom. The molecule has 0 spiro atoms. The van der Waals surface area contributed by atoms with Crippen LogP contribution >= 0.6 is 0 Å². The minimum atomic E-state index is -3.89. The number of esters is 1. The fourth-order valence-electron chi connectivity index (χ4n) is 2.96.